The van der Waals surface area contributed by atoms with E-state index in [1.807, 2.05) is 0 Å². The standard InChI is InChI=1S/C11H11NO4/c1-5-9(10(14)11(15)16)7-3-2-6(13)4-8(7)12-5/h2-4,10,12-14H,1H3,(H,15,16). The molecule has 16 heavy (non-hydrogen) atoms. The van der Waals surface area contributed by atoms with Crippen LogP contribution in [-0.4, -0.2) is 26.3 Å². The van der Waals surface area contributed by atoms with Crippen molar-refractivity contribution in [1.82, 2.24) is 4.98 Å². The molecule has 0 radical (unpaired) electrons. The van der Waals surface area contributed by atoms with Gasteiger partial charge in [0.15, 0.2) is 6.10 Å². The fourth-order valence-corrected chi connectivity index (χ4v) is 1.82. The number of carbonyl (C=O) groups is 1. The van der Waals surface area contributed by atoms with Crippen LogP contribution < -0.4 is 0 Å². The predicted molar refractivity (Wildman–Crippen MR) is 57.3 cm³/mol. The maximum Gasteiger partial charge on any atom is 0.337 e. The zero-order chi connectivity index (χ0) is 11.9. The molecule has 84 valence electrons. The Labute approximate surface area is 91.0 Å². The van der Waals surface area contributed by atoms with Crippen LogP contribution in [0.3, 0.4) is 0 Å². The number of benzene rings is 1. The van der Waals surface area contributed by atoms with E-state index in [1.54, 1.807) is 13.0 Å². The maximum atomic E-state index is 10.7. The van der Waals surface area contributed by atoms with Crippen molar-refractivity contribution in [2.24, 2.45) is 0 Å². The molecule has 0 saturated carbocycles. The normalized spacial score (nSPS) is 12.9. The molecule has 1 aromatic carbocycles. The number of phenolic OH excluding ortho intramolecular Hbond substituents is 1. The molecule has 0 aliphatic rings. The highest BCUT2D eigenvalue weighted by Gasteiger charge is 2.22. The van der Waals surface area contributed by atoms with E-state index in [0.717, 1.165) is 0 Å². The molecule has 2 aromatic rings. The first kappa shape index (κ1) is 10.5. The van der Waals surface area contributed by atoms with Gasteiger partial charge in [0.1, 0.15) is 5.75 Å². The van der Waals surface area contributed by atoms with Gasteiger partial charge in [-0.3, -0.25) is 0 Å². The second-order valence-corrected chi connectivity index (χ2v) is 3.63. The first-order valence-electron chi connectivity index (χ1n) is 4.72. The number of carboxylic acids is 1. The van der Waals surface area contributed by atoms with Gasteiger partial charge in [0.05, 0.1) is 0 Å². The topological polar surface area (TPSA) is 93.5 Å². The summed E-state index contributed by atoms with van der Waals surface area (Å²) >= 11 is 0. The number of hydrogen-bond donors (Lipinski definition) is 4. The van der Waals surface area contributed by atoms with Crippen molar-refractivity contribution in [3.05, 3.63) is 29.5 Å². The molecule has 0 saturated heterocycles. The lowest BCUT2D eigenvalue weighted by atomic mass is 10.1. The summed E-state index contributed by atoms with van der Waals surface area (Å²) in [5.41, 5.74) is 1.52. The number of phenols is 1. The number of H-pyrrole nitrogens is 1. The first-order chi connectivity index (χ1) is 7.50. The smallest absolute Gasteiger partial charge is 0.337 e. The van der Waals surface area contributed by atoms with Gasteiger partial charge in [-0.2, -0.15) is 0 Å². The van der Waals surface area contributed by atoms with Crippen LogP contribution in [0.1, 0.15) is 17.4 Å². The van der Waals surface area contributed by atoms with Crippen LogP contribution in [0.5, 0.6) is 5.75 Å². The molecule has 5 heteroatoms. The second kappa shape index (κ2) is 3.53. The maximum absolute atomic E-state index is 10.7. The van der Waals surface area contributed by atoms with Crippen LogP contribution >= 0.6 is 0 Å². The Morgan fingerprint density at radius 1 is 1.44 bits per heavy atom. The molecule has 4 N–H and O–H groups in total. The lowest BCUT2D eigenvalue weighted by Crippen LogP contribution is -2.11. The van der Waals surface area contributed by atoms with Crippen molar-refractivity contribution in [1.29, 1.82) is 0 Å². The number of fused-ring (bicyclic) bond motifs is 1. The largest absolute Gasteiger partial charge is 0.508 e. The summed E-state index contributed by atoms with van der Waals surface area (Å²) in [5, 5.41) is 28.2. The van der Waals surface area contributed by atoms with E-state index < -0.39 is 12.1 Å². The Kier molecular flexibility index (Phi) is 2.32. The Hall–Kier alpha value is -2.01. The summed E-state index contributed by atoms with van der Waals surface area (Å²) < 4.78 is 0. The highest BCUT2D eigenvalue weighted by atomic mass is 16.4. The molecule has 0 fully saturated rings. The number of carboxylic acid groups (broad SMARTS) is 1. The molecule has 1 heterocycles. The highest BCUT2D eigenvalue weighted by molar-refractivity contribution is 5.90. The quantitative estimate of drug-likeness (QED) is 0.614. The average Bonchev–Trinajstić information content (AvgIpc) is 2.51. The zero-order valence-electron chi connectivity index (χ0n) is 8.56. The molecular formula is C11H11NO4. The zero-order valence-corrected chi connectivity index (χ0v) is 8.56. The lowest BCUT2D eigenvalue weighted by Gasteiger charge is -2.05. The minimum Gasteiger partial charge on any atom is -0.508 e. The minimum absolute atomic E-state index is 0.0881. The van der Waals surface area contributed by atoms with Crippen LogP contribution in [0, 0.1) is 6.92 Å². The Bertz CT molecular complexity index is 558. The third-order valence-electron chi connectivity index (χ3n) is 2.53. The number of hydrogen-bond acceptors (Lipinski definition) is 3. The number of rotatable bonds is 2. The van der Waals surface area contributed by atoms with E-state index in [-0.39, 0.29) is 5.75 Å². The number of aliphatic hydroxyl groups is 1. The molecular weight excluding hydrogens is 210 g/mol. The molecule has 0 aliphatic heterocycles. The molecule has 5 nitrogen and oxygen atoms in total. The number of aromatic hydroxyl groups is 1. The lowest BCUT2D eigenvalue weighted by molar-refractivity contribution is -0.146. The van der Waals surface area contributed by atoms with Gasteiger partial charge in [0, 0.05) is 28.2 Å². The second-order valence-electron chi connectivity index (χ2n) is 3.63. The molecule has 1 unspecified atom stereocenters. The highest BCUT2D eigenvalue weighted by Crippen LogP contribution is 2.29. The molecule has 0 amide bonds. The van der Waals surface area contributed by atoms with Gasteiger partial charge < -0.3 is 20.3 Å². The fourth-order valence-electron chi connectivity index (χ4n) is 1.82. The van der Waals surface area contributed by atoms with E-state index in [4.69, 9.17) is 5.11 Å². The van der Waals surface area contributed by atoms with E-state index in [0.29, 0.717) is 22.2 Å². The van der Waals surface area contributed by atoms with Crippen molar-refractivity contribution in [2.75, 3.05) is 0 Å². The minimum atomic E-state index is -1.56. The van der Waals surface area contributed by atoms with Crippen LogP contribution in [0.4, 0.5) is 0 Å². The Morgan fingerprint density at radius 2 is 2.12 bits per heavy atom. The number of nitrogens with one attached hydrogen (secondary N) is 1. The van der Waals surface area contributed by atoms with Gasteiger partial charge in [-0.15, -0.1) is 0 Å². The van der Waals surface area contributed by atoms with Gasteiger partial charge in [-0.1, -0.05) is 0 Å². The van der Waals surface area contributed by atoms with E-state index in [1.165, 1.54) is 12.1 Å². The molecule has 1 atom stereocenters. The summed E-state index contributed by atoms with van der Waals surface area (Å²) in [6, 6.07) is 4.52. The van der Waals surface area contributed by atoms with Crippen molar-refractivity contribution in [2.45, 2.75) is 13.0 Å². The summed E-state index contributed by atoms with van der Waals surface area (Å²) in [6.07, 6.45) is -1.56. The summed E-state index contributed by atoms with van der Waals surface area (Å²) in [7, 11) is 0. The Balaban J connectivity index is 2.69. The van der Waals surface area contributed by atoms with Gasteiger partial charge in [-0.25, -0.2) is 4.79 Å². The van der Waals surface area contributed by atoms with E-state index in [2.05, 4.69) is 4.98 Å². The summed E-state index contributed by atoms with van der Waals surface area (Å²) in [6.45, 7) is 1.68. The van der Waals surface area contributed by atoms with Gasteiger partial charge >= 0.3 is 5.97 Å². The van der Waals surface area contributed by atoms with Gasteiger partial charge in [0.2, 0.25) is 0 Å². The fraction of sp³-hybridized carbons (Fsp3) is 0.182. The first-order valence-corrected chi connectivity index (χ1v) is 4.72. The van der Waals surface area contributed by atoms with Crippen LogP contribution in [0.2, 0.25) is 0 Å². The van der Waals surface area contributed by atoms with Crippen LogP contribution in [0.25, 0.3) is 10.9 Å². The third-order valence-corrected chi connectivity index (χ3v) is 2.53. The molecule has 0 bridgehead atoms. The van der Waals surface area contributed by atoms with Crippen molar-refractivity contribution in [3.63, 3.8) is 0 Å². The average molecular weight is 221 g/mol. The van der Waals surface area contributed by atoms with Crippen LogP contribution in [-0.2, 0) is 4.79 Å². The van der Waals surface area contributed by atoms with E-state index in [9.17, 15) is 15.0 Å². The van der Waals surface area contributed by atoms with E-state index >= 15 is 0 Å². The molecule has 0 aliphatic carbocycles. The third kappa shape index (κ3) is 1.51. The van der Waals surface area contributed by atoms with Gasteiger partial charge in [-0.05, 0) is 19.1 Å². The van der Waals surface area contributed by atoms with Crippen molar-refractivity contribution < 1.29 is 20.1 Å². The number of aromatic nitrogens is 1. The SMILES string of the molecule is Cc1[nH]c2cc(O)ccc2c1C(O)C(=O)O. The number of aromatic amines is 1. The van der Waals surface area contributed by atoms with Crippen LogP contribution in [0.15, 0.2) is 18.2 Å². The van der Waals surface area contributed by atoms with Crippen molar-refractivity contribution in [3.8, 4) is 5.75 Å². The van der Waals surface area contributed by atoms with Crippen molar-refractivity contribution >= 4 is 16.9 Å². The van der Waals surface area contributed by atoms with Gasteiger partial charge in [0.25, 0.3) is 0 Å². The summed E-state index contributed by atoms with van der Waals surface area (Å²) in [4.78, 5) is 13.7. The number of aliphatic hydroxyl groups excluding tert-OH is 1. The summed E-state index contributed by atoms with van der Waals surface area (Å²) in [5.74, 6) is -1.21. The monoisotopic (exact) mass is 221 g/mol. The Morgan fingerprint density at radius 3 is 2.75 bits per heavy atom. The molecule has 2 rings (SSSR count). The predicted octanol–water partition coefficient (Wildman–Crippen LogP) is 1.30. The number of aryl methyl sites for hydroxylation is 1. The number of aliphatic carboxylic acids is 1. The molecule has 1 aromatic heterocycles. The molecule has 0 spiro atoms.